The van der Waals surface area contributed by atoms with E-state index in [2.05, 4.69) is 0 Å². The molecular weight excluding hydrogens is 364 g/mol. The Bertz CT molecular complexity index is 1060. The summed E-state index contributed by atoms with van der Waals surface area (Å²) in [5.74, 6) is 0.109. The lowest BCUT2D eigenvalue weighted by atomic mass is 9.70. The molecule has 0 radical (unpaired) electrons. The molecule has 0 aliphatic heterocycles. The second-order valence-corrected chi connectivity index (χ2v) is 7.58. The Hall–Kier alpha value is -3.40. The van der Waals surface area contributed by atoms with E-state index in [0.717, 1.165) is 22.3 Å². The van der Waals surface area contributed by atoms with Gasteiger partial charge >= 0.3 is 0 Å². The quantitative estimate of drug-likeness (QED) is 0.467. The minimum absolute atomic E-state index is 0.121. The zero-order valence-electron chi connectivity index (χ0n) is 17.0. The Morgan fingerprint density at radius 1 is 0.724 bits per heavy atom. The molecule has 4 heteroatoms. The number of carbonyl (C=O) groups excluding carboxylic acids is 2. The number of phenols is 2. The van der Waals surface area contributed by atoms with Crippen molar-refractivity contribution in [1.82, 2.24) is 0 Å². The van der Waals surface area contributed by atoms with E-state index in [1.54, 1.807) is 24.3 Å². The average molecular weight is 388 g/mol. The highest BCUT2D eigenvalue weighted by Gasteiger charge is 2.33. The molecule has 3 aromatic carbocycles. The first-order valence-corrected chi connectivity index (χ1v) is 9.40. The molecule has 0 amide bonds. The molecule has 148 valence electrons. The molecule has 0 aromatic heterocycles. The molecule has 0 saturated carbocycles. The number of ketones is 2. The molecule has 0 saturated heterocycles. The summed E-state index contributed by atoms with van der Waals surface area (Å²) in [5.41, 5.74) is 3.50. The van der Waals surface area contributed by atoms with Crippen LogP contribution in [0.3, 0.4) is 0 Å². The van der Waals surface area contributed by atoms with Crippen LogP contribution in [0, 0.1) is 6.92 Å². The Labute approximate surface area is 170 Å². The SMILES string of the molecule is CC(=O)c1cc(C(C)=O)cc(C(C)(c2ccc(O)cc2)c2ccc(O)c(C)c2)c1. The van der Waals surface area contributed by atoms with Crippen molar-refractivity contribution in [2.75, 3.05) is 0 Å². The Kier molecular flexibility index (Phi) is 5.29. The van der Waals surface area contributed by atoms with Gasteiger partial charge in [0.15, 0.2) is 11.6 Å². The molecule has 0 spiro atoms. The maximum atomic E-state index is 12.1. The van der Waals surface area contributed by atoms with Crippen molar-refractivity contribution < 1.29 is 19.8 Å². The van der Waals surface area contributed by atoms with Crippen LogP contribution in [0.25, 0.3) is 0 Å². The summed E-state index contributed by atoms with van der Waals surface area (Å²) in [4.78, 5) is 24.3. The van der Waals surface area contributed by atoms with Gasteiger partial charge in [0.05, 0.1) is 0 Å². The van der Waals surface area contributed by atoms with Gasteiger partial charge < -0.3 is 10.2 Å². The highest BCUT2D eigenvalue weighted by Crippen LogP contribution is 2.41. The number of aryl methyl sites for hydroxylation is 1. The van der Waals surface area contributed by atoms with Gasteiger partial charge in [-0.05, 0) is 86.3 Å². The van der Waals surface area contributed by atoms with Crippen molar-refractivity contribution >= 4 is 11.6 Å². The summed E-state index contributed by atoms with van der Waals surface area (Å²) in [6, 6.07) is 17.5. The lowest BCUT2D eigenvalue weighted by Gasteiger charge is -2.33. The summed E-state index contributed by atoms with van der Waals surface area (Å²) in [7, 11) is 0. The number of phenolic OH excluding ortho intramolecular Hbond substituents is 2. The maximum absolute atomic E-state index is 12.1. The van der Waals surface area contributed by atoms with E-state index in [1.165, 1.54) is 13.8 Å². The normalized spacial score (nSPS) is 13.0. The standard InChI is InChI=1S/C25H24O4/c1-15-11-21(7-10-24(15)29)25(4,20-5-8-23(28)9-6-20)22-13-18(16(2)26)12-19(14-22)17(3)27/h5-14,28-29H,1-4H3. The third kappa shape index (κ3) is 3.79. The highest BCUT2D eigenvalue weighted by atomic mass is 16.3. The van der Waals surface area contributed by atoms with E-state index in [4.69, 9.17) is 0 Å². The minimum Gasteiger partial charge on any atom is -0.508 e. The zero-order valence-corrected chi connectivity index (χ0v) is 17.0. The van der Waals surface area contributed by atoms with Gasteiger partial charge in [0.2, 0.25) is 0 Å². The predicted octanol–water partition coefficient (Wildman–Crippen LogP) is 5.17. The molecule has 0 bridgehead atoms. The number of benzene rings is 3. The third-order valence-electron chi connectivity index (χ3n) is 5.54. The van der Waals surface area contributed by atoms with Crippen LogP contribution in [-0.4, -0.2) is 21.8 Å². The first kappa shape index (κ1) is 20.3. The van der Waals surface area contributed by atoms with Gasteiger partial charge in [-0.25, -0.2) is 0 Å². The van der Waals surface area contributed by atoms with Crippen LogP contribution < -0.4 is 0 Å². The van der Waals surface area contributed by atoms with Crippen molar-refractivity contribution in [3.8, 4) is 11.5 Å². The number of rotatable bonds is 5. The van der Waals surface area contributed by atoms with Gasteiger partial charge in [0, 0.05) is 16.5 Å². The van der Waals surface area contributed by atoms with Gasteiger partial charge in [-0.15, -0.1) is 0 Å². The average Bonchev–Trinajstić information content (AvgIpc) is 2.69. The molecular formula is C25H24O4. The van der Waals surface area contributed by atoms with Crippen LogP contribution in [0.4, 0.5) is 0 Å². The van der Waals surface area contributed by atoms with Gasteiger partial charge in [0.1, 0.15) is 11.5 Å². The number of carbonyl (C=O) groups is 2. The van der Waals surface area contributed by atoms with Crippen LogP contribution in [0.5, 0.6) is 11.5 Å². The lowest BCUT2D eigenvalue weighted by molar-refractivity contribution is 0.101. The van der Waals surface area contributed by atoms with Crippen LogP contribution >= 0.6 is 0 Å². The van der Waals surface area contributed by atoms with Gasteiger partial charge in [-0.3, -0.25) is 9.59 Å². The highest BCUT2D eigenvalue weighted by molar-refractivity contribution is 6.00. The fraction of sp³-hybridized carbons (Fsp3) is 0.200. The molecule has 0 aliphatic rings. The summed E-state index contributed by atoms with van der Waals surface area (Å²) >= 11 is 0. The summed E-state index contributed by atoms with van der Waals surface area (Å²) in [5, 5.41) is 19.8. The molecule has 1 unspecified atom stereocenters. The molecule has 1 atom stereocenters. The second-order valence-electron chi connectivity index (χ2n) is 7.58. The van der Waals surface area contributed by atoms with Gasteiger partial charge in [-0.2, -0.15) is 0 Å². The van der Waals surface area contributed by atoms with Crippen LogP contribution in [0.2, 0.25) is 0 Å². The van der Waals surface area contributed by atoms with Gasteiger partial charge in [0.25, 0.3) is 0 Å². The van der Waals surface area contributed by atoms with Crippen molar-refractivity contribution in [2.24, 2.45) is 0 Å². The smallest absolute Gasteiger partial charge is 0.159 e. The molecule has 0 aliphatic carbocycles. The van der Waals surface area contributed by atoms with Crippen molar-refractivity contribution in [2.45, 2.75) is 33.1 Å². The monoisotopic (exact) mass is 388 g/mol. The Balaban J connectivity index is 2.37. The topological polar surface area (TPSA) is 74.6 Å². The molecule has 4 nitrogen and oxygen atoms in total. The van der Waals surface area contributed by atoms with E-state index in [9.17, 15) is 19.8 Å². The summed E-state index contributed by atoms with van der Waals surface area (Å²) < 4.78 is 0. The molecule has 2 N–H and O–H groups in total. The molecule has 29 heavy (non-hydrogen) atoms. The molecule has 0 fully saturated rings. The van der Waals surface area contributed by atoms with Crippen molar-refractivity contribution in [3.63, 3.8) is 0 Å². The van der Waals surface area contributed by atoms with Crippen molar-refractivity contribution in [1.29, 1.82) is 0 Å². The minimum atomic E-state index is -0.720. The van der Waals surface area contributed by atoms with Crippen LogP contribution in [0.1, 0.15) is 63.7 Å². The Morgan fingerprint density at radius 3 is 1.72 bits per heavy atom. The third-order valence-corrected chi connectivity index (χ3v) is 5.54. The van der Waals surface area contributed by atoms with Crippen molar-refractivity contribution in [3.05, 3.63) is 94.0 Å². The summed E-state index contributed by atoms with van der Waals surface area (Å²) in [6.45, 7) is 6.79. The maximum Gasteiger partial charge on any atom is 0.159 e. The molecule has 3 rings (SSSR count). The van der Waals surface area contributed by atoms with E-state index in [0.29, 0.717) is 11.1 Å². The van der Waals surface area contributed by atoms with Crippen LogP contribution in [0.15, 0.2) is 60.7 Å². The number of hydrogen-bond acceptors (Lipinski definition) is 4. The zero-order chi connectivity index (χ0) is 21.3. The fourth-order valence-electron chi connectivity index (χ4n) is 3.58. The van der Waals surface area contributed by atoms with E-state index in [1.807, 2.05) is 50.2 Å². The van der Waals surface area contributed by atoms with E-state index >= 15 is 0 Å². The number of aromatic hydroxyl groups is 2. The number of Topliss-reactive ketones (excluding diaryl/α,β-unsaturated/α-hetero) is 2. The lowest BCUT2D eigenvalue weighted by Crippen LogP contribution is -2.26. The second kappa shape index (κ2) is 7.55. The Morgan fingerprint density at radius 2 is 1.24 bits per heavy atom. The van der Waals surface area contributed by atoms with Crippen LogP contribution in [-0.2, 0) is 5.41 Å². The molecule has 3 aromatic rings. The first-order valence-electron chi connectivity index (χ1n) is 9.40. The largest absolute Gasteiger partial charge is 0.508 e. The van der Waals surface area contributed by atoms with Gasteiger partial charge in [-0.1, -0.05) is 24.3 Å². The predicted molar refractivity (Wildman–Crippen MR) is 113 cm³/mol. The first-order chi connectivity index (χ1) is 13.6. The number of hydrogen-bond donors (Lipinski definition) is 2. The summed E-state index contributed by atoms with van der Waals surface area (Å²) in [6.07, 6.45) is 0. The molecule has 0 heterocycles. The fourth-order valence-corrected chi connectivity index (χ4v) is 3.58. The van der Waals surface area contributed by atoms with E-state index in [-0.39, 0.29) is 23.1 Å². The van der Waals surface area contributed by atoms with E-state index < -0.39 is 5.41 Å².